The minimum Gasteiger partial charge on any atom is -0.351 e. The van der Waals surface area contributed by atoms with Crippen molar-refractivity contribution in [2.45, 2.75) is 81.7 Å². The average Bonchev–Trinajstić information content (AvgIpc) is 3.78. The molecule has 11 rings (SSSR count). The summed E-state index contributed by atoms with van der Waals surface area (Å²) < 4.78 is 1.37. The van der Waals surface area contributed by atoms with Crippen molar-refractivity contribution in [1.82, 2.24) is 0 Å². The minimum atomic E-state index is -0.127. The second-order valence-electron chi connectivity index (χ2n) is 16.5. The highest BCUT2D eigenvalue weighted by Gasteiger charge is 2.52. The van der Waals surface area contributed by atoms with Crippen molar-refractivity contribution < 1.29 is 0 Å². The van der Waals surface area contributed by atoms with E-state index in [9.17, 15) is 0 Å². The average molecular weight is 693 g/mol. The van der Waals surface area contributed by atoms with Gasteiger partial charge < -0.3 is 5.32 Å². The Morgan fingerprint density at radius 2 is 1.50 bits per heavy atom. The maximum Gasteiger partial charge on any atom is 0.146 e. The van der Waals surface area contributed by atoms with Gasteiger partial charge in [-0.05, 0) is 98.4 Å². The number of allylic oxidation sites excluding steroid dienone is 4. The van der Waals surface area contributed by atoms with Crippen molar-refractivity contribution in [2.75, 3.05) is 5.32 Å². The maximum absolute atomic E-state index is 5.41. The van der Waals surface area contributed by atoms with Crippen LogP contribution in [0.3, 0.4) is 0 Å². The van der Waals surface area contributed by atoms with Crippen LogP contribution in [0.2, 0.25) is 0 Å². The largest absolute Gasteiger partial charge is 0.351 e. The normalized spacial score (nSPS) is 24.0. The minimum absolute atomic E-state index is 0.127. The third kappa shape index (κ3) is 4.38. The third-order valence-corrected chi connectivity index (χ3v) is 14.6. The first kappa shape index (κ1) is 30.9. The fourth-order valence-corrected chi connectivity index (χ4v) is 12.1. The number of fused-ring (bicyclic) bond motifs is 11. The molecule has 5 aliphatic carbocycles. The monoisotopic (exact) mass is 692 g/mol. The fraction of sp³-hybridized carbons (Fsp3) is 0.286. The molecule has 52 heavy (non-hydrogen) atoms. The molecule has 0 saturated heterocycles. The molecular weight excluding hydrogens is 649 g/mol. The van der Waals surface area contributed by atoms with Crippen LogP contribution in [-0.4, -0.2) is 5.71 Å². The molecule has 1 spiro atoms. The number of benzene rings is 4. The molecule has 6 aliphatic rings. The Morgan fingerprint density at radius 3 is 2.35 bits per heavy atom. The summed E-state index contributed by atoms with van der Waals surface area (Å²) >= 11 is 1.88. The summed E-state index contributed by atoms with van der Waals surface area (Å²) in [5, 5.41) is 6.43. The van der Waals surface area contributed by atoms with Crippen molar-refractivity contribution in [2.24, 2.45) is 10.9 Å². The van der Waals surface area contributed by atoms with Crippen molar-refractivity contribution in [3.63, 3.8) is 0 Å². The van der Waals surface area contributed by atoms with Crippen LogP contribution in [0.4, 0.5) is 5.00 Å². The molecule has 0 radical (unpaired) electrons. The number of nitrogens with zero attached hydrogens (tertiary/aromatic N) is 1. The van der Waals surface area contributed by atoms with Crippen molar-refractivity contribution in [3.8, 4) is 11.1 Å². The Bertz CT molecular complexity index is 2500. The number of hydrogen-bond donors (Lipinski definition) is 1. The van der Waals surface area contributed by atoms with Gasteiger partial charge >= 0.3 is 0 Å². The molecule has 2 nitrogen and oxygen atoms in total. The zero-order valence-electron chi connectivity index (χ0n) is 30.1. The SMILES string of the molecule is CC1(C)c2ccccc2C2C=C3C(=CC21)C1(CCCCC1)c1cc(-c2ccc(C4N=C(c5ccccc5)c5c(sc6c5=CCCC=6)N4)cc2)ccc13. The standard InChI is InChI=1S/C49H44N2S/c1-48(2)39-17-9-7-15-34(39)37-28-38-35-24-23-33(27-41(35)49(25-11-4-12-26-49)42(38)29-40(37)48)30-19-21-32(22-20-30)46-50-45(31-13-5-3-6-14-31)44-36-16-8-10-18-43(36)52-47(44)51-46/h3,5-7,9,13-24,27-29,37,40,46,51H,4,8,10-12,25-26H2,1-2H3. The van der Waals surface area contributed by atoms with Gasteiger partial charge in [0.1, 0.15) is 11.2 Å². The fourth-order valence-electron chi connectivity index (χ4n) is 10.9. The van der Waals surface area contributed by atoms with E-state index >= 15 is 0 Å². The lowest BCUT2D eigenvalue weighted by Gasteiger charge is -2.40. The first-order valence-corrected chi connectivity index (χ1v) is 20.3. The molecular formula is C49H44N2S. The number of anilines is 1. The predicted octanol–water partition coefficient (Wildman–Crippen LogP) is 11.0. The molecule has 4 aromatic carbocycles. The van der Waals surface area contributed by atoms with E-state index < -0.39 is 0 Å². The molecule has 1 saturated carbocycles. The topological polar surface area (TPSA) is 24.4 Å². The molecule has 5 aromatic rings. The summed E-state index contributed by atoms with van der Waals surface area (Å²) in [7, 11) is 0. The zero-order valence-corrected chi connectivity index (χ0v) is 30.9. The molecule has 3 atom stereocenters. The van der Waals surface area contributed by atoms with E-state index in [1.807, 2.05) is 11.3 Å². The van der Waals surface area contributed by atoms with Gasteiger partial charge in [-0.15, -0.1) is 11.3 Å². The van der Waals surface area contributed by atoms with Gasteiger partial charge in [-0.1, -0.05) is 148 Å². The zero-order chi connectivity index (χ0) is 34.6. The summed E-state index contributed by atoms with van der Waals surface area (Å²) in [5.41, 5.74) is 16.9. The Hall–Kier alpha value is -4.73. The number of thiophene rings is 1. The van der Waals surface area contributed by atoms with Crippen molar-refractivity contribution >= 4 is 39.8 Å². The van der Waals surface area contributed by atoms with Crippen LogP contribution in [0.5, 0.6) is 0 Å². The van der Waals surface area contributed by atoms with Gasteiger partial charge in [0.05, 0.1) is 5.71 Å². The van der Waals surface area contributed by atoms with Crippen LogP contribution >= 0.6 is 11.3 Å². The van der Waals surface area contributed by atoms with Gasteiger partial charge in [0, 0.05) is 27.0 Å². The maximum atomic E-state index is 5.41. The number of aliphatic imine (C=N–C) groups is 1. The van der Waals surface area contributed by atoms with Crippen LogP contribution < -0.4 is 15.1 Å². The summed E-state index contributed by atoms with van der Waals surface area (Å²) in [6, 6.07) is 36.6. The lowest BCUT2D eigenvalue weighted by Crippen LogP contribution is -2.32. The second-order valence-corrected chi connectivity index (χ2v) is 17.6. The van der Waals surface area contributed by atoms with Gasteiger partial charge in [0.25, 0.3) is 0 Å². The van der Waals surface area contributed by atoms with Gasteiger partial charge in [-0.3, -0.25) is 4.99 Å². The van der Waals surface area contributed by atoms with E-state index in [1.165, 1.54) is 96.9 Å². The van der Waals surface area contributed by atoms with Crippen LogP contribution in [0, 0.1) is 5.92 Å². The molecule has 3 heteroatoms. The van der Waals surface area contributed by atoms with Gasteiger partial charge in [-0.25, -0.2) is 0 Å². The highest BCUT2D eigenvalue weighted by atomic mass is 32.1. The van der Waals surface area contributed by atoms with Crippen molar-refractivity contribution in [1.29, 1.82) is 0 Å². The Balaban J connectivity index is 0.971. The highest BCUT2D eigenvalue weighted by Crippen LogP contribution is 2.63. The predicted molar refractivity (Wildman–Crippen MR) is 219 cm³/mol. The molecule has 0 amide bonds. The van der Waals surface area contributed by atoms with E-state index in [2.05, 4.69) is 141 Å². The first-order chi connectivity index (χ1) is 25.5. The van der Waals surface area contributed by atoms with Crippen LogP contribution in [0.1, 0.15) is 110 Å². The van der Waals surface area contributed by atoms with E-state index in [4.69, 9.17) is 4.99 Å². The van der Waals surface area contributed by atoms with Crippen molar-refractivity contribution in [3.05, 3.63) is 163 Å². The molecule has 2 heterocycles. The highest BCUT2D eigenvalue weighted by molar-refractivity contribution is 7.14. The Kier molecular flexibility index (Phi) is 6.75. The first-order valence-electron chi connectivity index (χ1n) is 19.5. The van der Waals surface area contributed by atoms with Crippen LogP contribution in [0.15, 0.2) is 120 Å². The molecule has 3 unspecified atom stereocenters. The molecule has 256 valence electrons. The number of rotatable bonds is 3. The molecule has 1 N–H and O–H groups in total. The summed E-state index contributed by atoms with van der Waals surface area (Å²) in [6.45, 7) is 4.95. The van der Waals surface area contributed by atoms with E-state index in [1.54, 1.807) is 11.1 Å². The van der Waals surface area contributed by atoms with Crippen LogP contribution in [0.25, 0.3) is 28.9 Å². The quantitative estimate of drug-likeness (QED) is 0.200. The summed E-state index contributed by atoms with van der Waals surface area (Å²) in [5.74, 6) is 0.961. The van der Waals surface area contributed by atoms with E-state index in [-0.39, 0.29) is 17.0 Å². The lowest BCUT2D eigenvalue weighted by atomic mass is 9.64. The third-order valence-electron chi connectivity index (χ3n) is 13.5. The molecule has 1 aliphatic heterocycles. The van der Waals surface area contributed by atoms with Gasteiger partial charge in [0.2, 0.25) is 0 Å². The molecule has 0 bridgehead atoms. The lowest BCUT2D eigenvalue weighted by molar-refractivity contribution is 0.340. The molecule has 1 fully saturated rings. The smallest absolute Gasteiger partial charge is 0.146 e. The summed E-state index contributed by atoms with van der Waals surface area (Å²) in [6.07, 6.45) is 18.8. The van der Waals surface area contributed by atoms with E-state index in [0.29, 0.717) is 11.8 Å². The second kappa shape index (κ2) is 11.4. The van der Waals surface area contributed by atoms with Gasteiger partial charge in [0.15, 0.2) is 0 Å². The van der Waals surface area contributed by atoms with Gasteiger partial charge in [-0.2, -0.15) is 0 Å². The Labute approximate surface area is 311 Å². The summed E-state index contributed by atoms with van der Waals surface area (Å²) in [4.78, 5) is 5.41. The van der Waals surface area contributed by atoms with E-state index in [0.717, 1.165) is 18.6 Å². The number of nitrogens with one attached hydrogen (secondary N) is 1. The number of hydrogen-bond acceptors (Lipinski definition) is 3. The Morgan fingerprint density at radius 1 is 0.731 bits per heavy atom. The molecule has 1 aromatic heterocycles. The van der Waals surface area contributed by atoms with Crippen LogP contribution in [-0.2, 0) is 10.8 Å².